The Hall–Kier alpha value is -2.30. The van der Waals surface area contributed by atoms with Crippen molar-refractivity contribution in [3.63, 3.8) is 0 Å². The first kappa shape index (κ1) is 13.1. The minimum absolute atomic E-state index is 0.0555. The molecule has 0 heterocycles. The number of ether oxygens (including phenoxy) is 1. The molecule has 0 spiro atoms. The molecular weight excluding hydrogens is 257 g/mol. The topological polar surface area (TPSA) is 26.3 Å². The summed E-state index contributed by atoms with van der Waals surface area (Å²) in [7, 11) is 0. The van der Waals surface area contributed by atoms with Crippen molar-refractivity contribution in [1.82, 2.24) is 0 Å². The molecule has 2 rings (SSSR count). The number of carbonyl (C=O) groups is 1. The Morgan fingerprint density at radius 1 is 1.00 bits per heavy atom. The van der Waals surface area contributed by atoms with E-state index in [-0.39, 0.29) is 16.9 Å². The molecule has 2 aromatic carbocycles. The molecule has 2 aromatic rings. The average molecular weight is 266 g/mol. The molecule has 5 heteroatoms. The van der Waals surface area contributed by atoms with Crippen molar-refractivity contribution in [3.8, 4) is 5.75 Å². The lowest BCUT2D eigenvalue weighted by atomic mass is 10.0. The highest BCUT2D eigenvalue weighted by Crippen LogP contribution is 2.18. The van der Waals surface area contributed by atoms with Crippen LogP contribution in [0.15, 0.2) is 48.5 Å². The lowest BCUT2D eigenvalue weighted by molar-refractivity contribution is -0.0498. The van der Waals surface area contributed by atoms with Crippen LogP contribution in [0.5, 0.6) is 5.75 Å². The monoisotopic (exact) mass is 266 g/mol. The highest BCUT2D eigenvalue weighted by Gasteiger charge is 2.13. The molecule has 0 aliphatic rings. The summed E-state index contributed by atoms with van der Waals surface area (Å²) in [5.41, 5.74) is 0.136. The fourth-order valence-electron chi connectivity index (χ4n) is 1.59. The quantitative estimate of drug-likeness (QED) is 0.789. The van der Waals surface area contributed by atoms with Crippen molar-refractivity contribution in [2.45, 2.75) is 6.61 Å². The van der Waals surface area contributed by atoms with Gasteiger partial charge < -0.3 is 4.74 Å². The predicted octanol–water partition coefficient (Wildman–Crippen LogP) is 3.66. The maximum atomic E-state index is 13.4. The summed E-state index contributed by atoms with van der Waals surface area (Å²) in [6, 6.07) is 10.7. The fourth-order valence-corrected chi connectivity index (χ4v) is 1.59. The zero-order valence-electron chi connectivity index (χ0n) is 9.65. The normalized spacial score (nSPS) is 10.5. The van der Waals surface area contributed by atoms with Crippen LogP contribution in [0, 0.1) is 5.82 Å². The van der Waals surface area contributed by atoms with Crippen LogP contribution in [0.1, 0.15) is 15.9 Å². The van der Waals surface area contributed by atoms with Crippen LogP contribution >= 0.6 is 0 Å². The SMILES string of the molecule is O=C(c1ccc(OC(F)F)cc1)c1ccccc1F. The van der Waals surface area contributed by atoms with Crippen LogP contribution in [-0.4, -0.2) is 12.4 Å². The summed E-state index contributed by atoms with van der Waals surface area (Å²) < 4.78 is 41.5. The summed E-state index contributed by atoms with van der Waals surface area (Å²) >= 11 is 0. The molecule has 0 fully saturated rings. The van der Waals surface area contributed by atoms with Gasteiger partial charge in [0.2, 0.25) is 0 Å². The molecule has 19 heavy (non-hydrogen) atoms. The van der Waals surface area contributed by atoms with E-state index in [2.05, 4.69) is 4.74 Å². The summed E-state index contributed by atoms with van der Waals surface area (Å²) in [4.78, 5) is 12.0. The second kappa shape index (κ2) is 5.56. The maximum Gasteiger partial charge on any atom is 0.387 e. The van der Waals surface area contributed by atoms with E-state index in [1.54, 1.807) is 6.07 Å². The first-order valence-corrected chi connectivity index (χ1v) is 5.42. The Kier molecular flexibility index (Phi) is 3.85. The minimum Gasteiger partial charge on any atom is -0.435 e. The molecule has 98 valence electrons. The van der Waals surface area contributed by atoms with Crippen LogP contribution in [0.25, 0.3) is 0 Å². The van der Waals surface area contributed by atoms with Gasteiger partial charge in [-0.15, -0.1) is 0 Å². The van der Waals surface area contributed by atoms with Gasteiger partial charge in [0, 0.05) is 5.56 Å². The number of hydrogen-bond acceptors (Lipinski definition) is 2. The highest BCUT2D eigenvalue weighted by atomic mass is 19.3. The third kappa shape index (κ3) is 3.13. The van der Waals surface area contributed by atoms with Crippen molar-refractivity contribution >= 4 is 5.78 Å². The van der Waals surface area contributed by atoms with Gasteiger partial charge in [-0.1, -0.05) is 12.1 Å². The molecule has 0 saturated carbocycles. The predicted molar refractivity (Wildman–Crippen MR) is 62.9 cm³/mol. The molecule has 0 radical (unpaired) electrons. The number of rotatable bonds is 4. The molecule has 0 atom stereocenters. The van der Waals surface area contributed by atoms with E-state index in [9.17, 15) is 18.0 Å². The second-order valence-corrected chi connectivity index (χ2v) is 3.71. The first-order valence-electron chi connectivity index (χ1n) is 5.42. The summed E-state index contributed by atoms with van der Waals surface area (Å²) in [6.45, 7) is -2.92. The Morgan fingerprint density at radius 2 is 1.63 bits per heavy atom. The van der Waals surface area contributed by atoms with E-state index in [0.29, 0.717) is 0 Å². The average Bonchev–Trinajstić information content (AvgIpc) is 2.39. The molecule has 0 N–H and O–H groups in total. The van der Waals surface area contributed by atoms with Crippen molar-refractivity contribution in [2.75, 3.05) is 0 Å². The Labute approximate surface area is 107 Å². The standard InChI is InChI=1S/C14H9F3O2/c15-12-4-2-1-3-11(12)13(18)9-5-7-10(8-6-9)19-14(16)17/h1-8,14H. The van der Waals surface area contributed by atoms with E-state index >= 15 is 0 Å². The lowest BCUT2D eigenvalue weighted by Crippen LogP contribution is -2.05. The molecule has 2 nitrogen and oxygen atoms in total. The molecular formula is C14H9F3O2. The van der Waals surface area contributed by atoms with Gasteiger partial charge in [0.05, 0.1) is 5.56 Å². The van der Waals surface area contributed by atoms with Crippen molar-refractivity contribution < 1.29 is 22.7 Å². The number of halogens is 3. The molecule has 0 aromatic heterocycles. The largest absolute Gasteiger partial charge is 0.435 e. The molecule has 0 saturated heterocycles. The lowest BCUT2D eigenvalue weighted by Gasteiger charge is -2.06. The molecule has 0 amide bonds. The van der Waals surface area contributed by atoms with Crippen LogP contribution in [0.2, 0.25) is 0 Å². The third-order valence-corrected chi connectivity index (χ3v) is 2.46. The Morgan fingerprint density at radius 3 is 2.21 bits per heavy atom. The van der Waals surface area contributed by atoms with Crippen LogP contribution in [-0.2, 0) is 0 Å². The Bertz CT molecular complexity index is 579. The van der Waals surface area contributed by atoms with E-state index in [4.69, 9.17) is 0 Å². The number of benzene rings is 2. The van der Waals surface area contributed by atoms with Crippen molar-refractivity contribution in [3.05, 3.63) is 65.5 Å². The zero-order chi connectivity index (χ0) is 13.8. The summed E-state index contributed by atoms with van der Waals surface area (Å²) in [5, 5.41) is 0. The van der Waals surface area contributed by atoms with E-state index in [1.165, 1.54) is 42.5 Å². The van der Waals surface area contributed by atoms with E-state index in [1.807, 2.05) is 0 Å². The minimum atomic E-state index is -2.92. The van der Waals surface area contributed by atoms with Gasteiger partial charge in [0.25, 0.3) is 0 Å². The number of ketones is 1. The van der Waals surface area contributed by atoms with Crippen LogP contribution in [0.4, 0.5) is 13.2 Å². The number of hydrogen-bond donors (Lipinski definition) is 0. The highest BCUT2D eigenvalue weighted by molar-refractivity contribution is 6.09. The van der Waals surface area contributed by atoms with E-state index in [0.717, 1.165) is 0 Å². The van der Waals surface area contributed by atoms with Gasteiger partial charge in [-0.2, -0.15) is 8.78 Å². The smallest absolute Gasteiger partial charge is 0.387 e. The summed E-state index contributed by atoms with van der Waals surface area (Å²) in [6.07, 6.45) is 0. The van der Waals surface area contributed by atoms with Gasteiger partial charge in [-0.25, -0.2) is 4.39 Å². The maximum absolute atomic E-state index is 13.4. The van der Waals surface area contributed by atoms with Crippen LogP contribution in [0.3, 0.4) is 0 Å². The second-order valence-electron chi connectivity index (χ2n) is 3.71. The van der Waals surface area contributed by atoms with Gasteiger partial charge in [0.1, 0.15) is 11.6 Å². The molecule has 0 aliphatic heterocycles. The van der Waals surface area contributed by atoms with Gasteiger partial charge >= 0.3 is 6.61 Å². The third-order valence-electron chi connectivity index (χ3n) is 2.46. The summed E-state index contributed by atoms with van der Waals surface area (Å²) in [5.74, 6) is -1.19. The van der Waals surface area contributed by atoms with Gasteiger partial charge in [-0.05, 0) is 36.4 Å². The molecule has 0 bridgehead atoms. The van der Waals surface area contributed by atoms with E-state index < -0.39 is 18.2 Å². The Balaban J connectivity index is 2.23. The van der Waals surface area contributed by atoms with Gasteiger partial charge in [-0.3, -0.25) is 4.79 Å². The van der Waals surface area contributed by atoms with Crippen molar-refractivity contribution in [1.29, 1.82) is 0 Å². The zero-order valence-corrected chi connectivity index (χ0v) is 9.65. The fraction of sp³-hybridized carbons (Fsp3) is 0.0714. The van der Waals surface area contributed by atoms with Crippen molar-refractivity contribution in [2.24, 2.45) is 0 Å². The first-order chi connectivity index (χ1) is 9.08. The molecule has 0 unspecified atom stereocenters. The number of carbonyl (C=O) groups excluding carboxylic acids is 1. The van der Waals surface area contributed by atoms with Crippen LogP contribution < -0.4 is 4.74 Å². The number of alkyl halides is 2. The molecule has 0 aliphatic carbocycles. The van der Waals surface area contributed by atoms with Gasteiger partial charge in [0.15, 0.2) is 5.78 Å².